The number of halogens is 1. The molecule has 0 aromatic heterocycles. The molecule has 0 spiro atoms. The molecule has 1 N–H and O–H groups in total. The normalized spacial score (nSPS) is 17.2. The number of hydrogen-bond donors (Lipinski definition) is 1. The Hall–Kier alpha value is -0.990. The van der Waals surface area contributed by atoms with Gasteiger partial charge in [-0.3, -0.25) is 0 Å². The van der Waals surface area contributed by atoms with E-state index in [9.17, 15) is 21.2 Å². The molecule has 1 aromatic carbocycles. The Labute approximate surface area is 124 Å². The van der Waals surface area contributed by atoms with E-state index in [4.69, 9.17) is 0 Å². The van der Waals surface area contributed by atoms with Gasteiger partial charge in [0.1, 0.15) is 10.7 Å². The van der Waals surface area contributed by atoms with Crippen molar-refractivity contribution in [2.24, 2.45) is 5.92 Å². The molecule has 0 atom stereocenters. The Bertz CT molecular complexity index is 723. The lowest BCUT2D eigenvalue weighted by Gasteiger charge is -2.12. The summed E-state index contributed by atoms with van der Waals surface area (Å²) in [4.78, 5) is -0.839. The summed E-state index contributed by atoms with van der Waals surface area (Å²) in [5, 5.41) is 0. The fourth-order valence-electron chi connectivity index (χ4n) is 2.44. The van der Waals surface area contributed by atoms with E-state index in [1.54, 1.807) is 0 Å². The van der Waals surface area contributed by atoms with Gasteiger partial charge in [0.2, 0.25) is 10.0 Å². The zero-order chi connectivity index (χ0) is 15.7. The maximum absolute atomic E-state index is 13.7. The van der Waals surface area contributed by atoms with E-state index in [0.29, 0.717) is 0 Å². The summed E-state index contributed by atoms with van der Waals surface area (Å²) in [7, 11) is -7.64. The molecular weight excluding hydrogens is 317 g/mol. The molecule has 0 heterocycles. The highest BCUT2D eigenvalue weighted by Gasteiger charge is 2.24. The third-order valence-corrected chi connectivity index (χ3v) is 6.21. The molecular formula is C13H18FNO4S2. The molecule has 0 amide bonds. The van der Waals surface area contributed by atoms with E-state index in [0.717, 1.165) is 50.1 Å². The van der Waals surface area contributed by atoms with Crippen LogP contribution < -0.4 is 4.72 Å². The van der Waals surface area contributed by atoms with Crippen LogP contribution >= 0.6 is 0 Å². The molecule has 0 radical (unpaired) electrons. The fourth-order valence-corrected chi connectivity index (χ4v) is 4.38. The van der Waals surface area contributed by atoms with Gasteiger partial charge in [0.15, 0.2) is 9.84 Å². The van der Waals surface area contributed by atoms with Gasteiger partial charge in [-0.25, -0.2) is 25.9 Å². The van der Waals surface area contributed by atoms with Crippen LogP contribution in [0.25, 0.3) is 0 Å². The van der Waals surface area contributed by atoms with E-state index in [1.165, 1.54) is 0 Å². The molecule has 1 saturated carbocycles. The van der Waals surface area contributed by atoms with Gasteiger partial charge in [-0.1, -0.05) is 12.8 Å². The van der Waals surface area contributed by atoms with Crippen LogP contribution in [0.3, 0.4) is 0 Å². The monoisotopic (exact) mass is 335 g/mol. The average Bonchev–Trinajstić information content (AvgIpc) is 2.88. The van der Waals surface area contributed by atoms with Gasteiger partial charge in [-0.15, -0.1) is 0 Å². The van der Waals surface area contributed by atoms with E-state index in [1.807, 2.05) is 0 Å². The summed E-state index contributed by atoms with van der Waals surface area (Å²) < 4.78 is 63.3. The van der Waals surface area contributed by atoms with Crippen LogP contribution in [0.2, 0.25) is 0 Å². The lowest BCUT2D eigenvalue weighted by molar-refractivity contribution is 0.513. The van der Waals surface area contributed by atoms with Crippen LogP contribution in [-0.4, -0.2) is 29.6 Å². The molecule has 0 aliphatic heterocycles. The van der Waals surface area contributed by atoms with Crippen molar-refractivity contribution in [3.05, 3.63) is 24.0 Å². The largest absolute Gasteiger partial charge is 0.243 e. The third kappa shape index (κ3) is 4.02. The highest BCUT2D eigenvalue weighted by atomic mass is 32.2. The van der Waals surface area contributed by atoms with Gasteiger partial charge in [0, 0.05) is 12.8 Å². The van der Waals surface area contributed by atoms with Crippen molar-refractivity contribution >= 4 is 19.9 Å². The molecule has 1 aliphatic rings. The van der Waals surface area contributed by atoms with Crippen LogP contribution in [0.4, 0.5) is 4.39 Å². The Morgan fingerprint density at radius 2 is 1.81 bits per heavy atom. The maximum atomic E-state index is 13.7. The van der Waals surface area contributed by atoms with Gasteiger partial charge in [0.25, 0.3) is 0 Å². The van der Waals surface area contributed by atoms with Gasteiger partial charge in [-0.05, 0) is 37.0 Å². The number of hydrogen-bond acceptors (Lipinski definition) is 4. The van der Waals surface area contributed by atoms with Crippen molar-refractivity contribution in [3.63, 3.8) is 0 Å². The summed E-state index contributed by atoms with van der Waals surface area (Å²) >= 11 is 0. The van der Waals surface area contributed by atoms with Crippen LogP contribution in [0.5, 0.6) is 0 Å². The standard InChI is InChI=1S/C13H18FNO4S2/c1-20(16,17)11-6-7-12(14)13(8-11)21(18,19)15-9-10-4-2-3-5-10/h6-8,10,15H,2-5,9H2,1H3. The van der Waals surface area contributed by atoms with Crippen LogP contribution in [0.15, 0.2) is 28.0 Å². The molecule has 0 unspecified atom stereocenters. The molecule has 8 heteroatoms. The van der Waals surface area contributed by atoms with Gasteiger partial charge >= 0.3 is 0 Å². The Kier molecular flexibility index (Phi) is 4.69. The number of rotatable bonds is 5. The Morgan fingerprint density at radius 3 is 2.38 bits per heavy atom. The second kappa shape index (κ2) is 6.02. The number of sulfone groups is 1. The maximum Gasteiger partial charge on any atom is 0.243 e. The average molecular weight is 335 g/mol. The highest BCUT2D eigenvalue weighted by molar-refractivity contribution is 7.91. The number of benzene rings is 1. The van der Waals surface area contributed by atoms with Crippen molar-refractivity contribution in [2.75, 3.05) is 12.8 Å². The molecule has 0 saturated heterocycles. The lowest BCUT2D eigenvalue weighted by Crippen LogP contribution is -2.29. The van der Waals surface area contributed by atoms with Gasteiger partial charge in [-0.2, -0.15) is 0 Å². The minimum atomic E-state index is -4.05. The molecule has 118 valence electrons. The van der Waals surface area contributed by atoms with Crippen LogP contribution in [0.1, 0.15) is 25.7 Å². The van der Waals surface area contributed by atoms with Crippen LogP contribution in [-0.2, 0) is 19.9 Å². The first-order valence-electron chi connectivity index (χ1n) is 6.69. The topological polar surface area (TPSA) is 80.3 Å². The minimum absolute atomic E-state index is 0.217. The van der Waals surface area contributed by atoms with Crippen LogP contribution in [0, 0.1) is 11.7 Å². The third-order valence-electron chi connectivity index (χ3n) is 3.66. The van der Waals surface area contributed by atoms with Crippen molar-refractivity contribution in [1.29, 1.82) is 0 Å². The smallest absolute Gasteiger partial charge is 0.224 e. The van der Waals surface area contributed by atoms with Crippen molar-refractivity contribution < 1.29 is 21.2 Å². The number of nitrogens with one attached hydrogen (secondary N) is 1. The van der Waals surface area contributed by atoms with Crippen molar-refractivity contribution in [2.45, 2.75) is 35.5 Å². The molecule has 1 aromatic rings. The lowest BCUT2D eigenvalue weighted by atomic mass is 10.1. The van der Waals surface area contributed by atoms with Crippen molar-refractivity contribution in [1.82, 2.24) is 4.72 Å². The first-order chi connectivity index (χ1) is 9.70. The van der Waals surface area contributed by atoms with E-state index in [-0.39, 0.29) is 17.4 Å². The predicted molar refractivity (Wildman–Crippen MR) is 76.7 cm³/mol. The zero-order valence-corrected chi connectivity index (χ0v) is 13.3. The highest BCUT2D eigenvalue weighted by Crippen LogP contribution is 2.25. The summed E-state index contributed by atoms with van der Waals surface area (Å²) in [5.41, 5.74) is 0. The molecule has 0 bridgehead atoms. The SMILES string of the molecule is CS(=O)(=O)c1ccc(F)c(S(=O)(=O)NCC2CCCC2)c1. The fraction of sp³-hybridized carbons (Fsp3) is 0.538. The molecule has 21 heavy (non-hydrogen) atoms. The molecule has 1 fully saturated rings. The molecule has 5 nitrogen and oxygen atoms in total. The Morgan fingerprint density at radius 1 is 1.19 bits per heavy atom. The predicted octanol–water partition coefficient (Wildman–Crippen LogP) is 1.70. The molecule has 2 rings (SSSR count). The molecule has 1 aliphatic carbocycles. The van der Waals surface area contributed by atoms with E-state index >= 15 is 0 Å². The minimum Gasteiger partial charge on any atom is -0.224 e. The second-order valence-corrected chi connectivity index (χ2v) is 9.12. The summed E-state index contributed by atoms with van der Waals surface area (Å²) in [6.45, 7) is 0.255. The van der Waals surface area contributed by atoms with Gasteiger partial charge in [0.05, 0.1) is 4.90 Å². The summed E-state index contributed by atoms with van der Waals surface area (Å²) in [5.74, 6) is -0.692. The first-order valence-corrected chi connectivity index (χ1v) is 10.1. The van der Waals surface area contributed by atoms with Gasteiger partial charge < -0.3 is 0 Å². The number of sulfonamides is 1. The second-order valence-electron chi connectivity index (χ2n) is 5.37. The zero-order valence-electron chi connectivity index (χ0n) is 11.7. The first kappa shape index (κ1) is 16.4. The summed E-state index contributed by atoms with van der Waals surface area (Å²) in [6.07, 6.45) is 5.00. The summed E-state index contributed by atoms with van der Waals surface area (Å²) in [6, 6.07) is 2.78. The van der Waals surface area contributed by atoms with Crippen molar-refractivity contribution in [3.8, 4) is 0 Å². The quantitative estimate of drug-likeness (QED) is 0.831. The van der Waals surface area contributed by atoms with E-state index in [2.05, 4.69) is 4.72 Å². The Balaban J connectivity index is 2.26. The van der Waals surface area contributed by atoms with E-state index < -0.39 is 30.6 Å².